The van der Waals surface area contributed by atoms with E-state index in [0.717, 1.165) is 55.1 Å². The zero-order valence-corrected chi connectivity index (χ0v) is 14.7. The van der Waals surface area contributed by atoms with E-state index in [1.807, 2.05) is 18.2 Å². The molecule has 0 fully saturated rings. The van der Waals surface area contributed by atoms with Gasteiger partial charge >= 0.3 is 0 Å². The van der Waals surface area contributed by atoms with E-state index in [4.69, 9.17) is 8.83 Å². The Bertz CT molecular complexity index is 1490. The smallest absolute Gasteiger partial charge is 0.153 e. The lowest BCUT2D eigenvalue weighted by atomic mass is 10.0. The third-order valence-corrected chi connectivity index (χ3v) is 5.19. The molecule has 0 aliphatic rings. The maximum Gasteiger partial charge on any atom is 0.153 e. The van der Waals surface area contributed by atoms with Crippen molar-refractivity contribution in [3.05, 3.63) is 78.5 Å². The van der Waals surface area contributed by atoms with Gasteiger partial charge in [-0.25, -0.2) is 0 Å². The first-order chi connectivity index (χ1) is 13.3. The van der Waals surface area contributed by atoms with Gasteiger partial charge in [-0.05, 0) is 36.8 Å². The second-order valence-electron chi connectivity index (χ2n) is 6.95. The third kappa shape index (κ3) is 2.05. The molecule has 0 atom stereocenters. The second kappa shape index (κ2) is 5.21. The number of benzene rings is 3. The molecule has 0 amide bonds. The molecular weight excluding hydrogens is 334 g/mol. The summed E-state index contributed by atoms with van der Waals surface area (Å²) in [6, 6.07) is 22.7. The molecule has 0 saturated heterocycles. The SMILES string of the molecule is Cc1ccc2c(c1)oc1c(-c3cc4c(cn3)oc3ccccc34)cccc12. The Balaban J connectivity index is 1.67. The number of hydrogen-bond acceptors (Lipinski definition) is 3. The van der Waals surface area contributed by atoms with Gasteiger partial charge in [0.25, 0.3) is 0 Å². The molecule has 27 heavy (non-hydrogen) atoms. The summed E-state index contributed by atoms with van der Waals surface area (Å²) in [6.07, 6.45) is 1.80. The van der Waals surface area contributed by atoms with Gasteiger partial charge in [-0.3, -0.25) is 4.98 Å². The Labute approximate surface area is 154 Å². The molecule has 6 aromatic rings. The fourth-order valence-corrected chi connectivity index (χ4v) is 3.89. The number of furan rings is 2. The highest BCUT2D eigenvalue weighted by atomic mass is 16.3. The largest absolute Gasteiger partial charge is 0.455 e. The Morgan fingerprint density at radius 3 is 2.48 bits per heavy atom. The molecule has 128 valence electrons. The number of aromatic nitrogens is 1. The summed E-state index contributed by atoms with van der Waals surface area (Å²) in [7, 11) is 0. The van der Waals surface area contributed by atoms with Crippen LogP contribution in [0.5, 0.6) is 0 Å². The first kappa shape index (κ1) is 14.6. The zero-order chi connectivity index (χ0) is 18.0. The molecule has 0 aliphatic heterocycles. The number of aryl methyl sites for hydroxylation is 1. The number of rotatable bonds is 1. The van der Waals surface area contributed by atoms with Gasteiger partial charge in [-0.15, -0.1) is 0 Å². The predicted octanol–water partition coefficient (Wildman–Crippen LogP) is 6.86. The van der Waals surface area contributed by atoms with Crippen LogP contribution in [0, 0.1) is 6.92 Å². The van der Waals surface area contributed by atoms with Gasteiger partial charge in [0.1, 0.15) is 16.7 Å². The van der Waals surface area contributed by atoms with E-state index in [9.17, 15) is 0 Å². The fraction of sp³-hybridized carbons (Fsp3) is 0.0417. The number of hydrogen-bond donors (Lipinski definition) is 0. The molecule has 3 heteroatoms. The van der Waals surface area contributed by atoms with Gasteiger partial charge in [0, 0.05) is 27.1 Å². The van der Waals surface area contributed by atoms with Crippen molar-refractivity contribution in [1.82, 2.24) is 4.98 Å². The summed E-state index contributed by atoms with van der Waals surface area (Å²) in [5, 5.41) is 4.41. The van der Waals surface area contributed by atoms with Gasteiger partial charge in [0.2, 0.25) is 0 Å². The van der Waals surface area contributed by atoms with Gasteiger partial charge in [-0.1, -0.05) is 42.5 Å². The topological polar surface area (TPSA) is 39.2 Å². The maximum absolute atomic E-state index is 6.24. The van der Waals surface area contributed by atoms with E-state index in [0.29, 0.717) is 0 Å². The van der Waals surface area contributed by atoms with Crippen LogP contribution < -0.4 is 0 Å². The minimum atomic E-state index is 0.798. The molecule has 6 rings (SSSR count). The molecule has 3 heterocycles. The van der Waals surface area contributed by atoms with Crippen molar-refractivity contribution in [3.63, 3.8) is 0 Å². The molecule has 0 N–H and O–H groups in total. The summed E-state index contributed by atoms with van der Waals surface area (Å²) in [5.41, 5.74) is 6.53. The van der Waals surface area contributed by atoms with Crippen LogP contribution in [0.4, 0.5) is 0 Å². The Morgan fingerprint density at radius 1 is 0.667 bits per heavy atom. The van der Waals surface area contributed by atoms with Crippen LogP contribution in [0.2, 0.25) is 0 Å². The van der Waals surface area contributed by atoms with Crippen LogP contribution in [0.15, 0.2) is 81.8 Å². The highest BCUT2D eigenvalue weighted by molar-refractivity contribution is 6.11. The molecule has 0 bridgehead atoms. The van der Waals surface area contributed by atoms with Crippen LogP contribution >= 0.6 is 0 Å². The molecule has 0 radical (unpaired) electrons. The van der Waals surface area contributed by atoms with Crippen LogP contribution in [0.3, 0.4) is 0 Å². The van der Waals surface area contributed by atoms with Crippen LogP contribution in [0.1, 0.15) is 5.56 Å². The monoisotopic (exact) mass is 349 g/mol. The van der Waals surface area contributed by atoms with E-state index in [1.165, 1.54) is 5.56 Å². The Kier molecular flexibility index (Phi) is 2.81. The first-order valence-electron chi connectivity index (χ1n) is 8.97. The van der Waals surface area contributed by atoms with E-state index >= 15 is 0 Å². The Hall–Kier alpha value is -3.59. The highest BCUT2D eigenvalue weighted by Gasteiger charge is 2.15. The van der Waals surface area contributed by atoms with Crippen molar-refractivity contribution < 1.29 is 8.83 Å². The number of fused-ring (bicyclic) bond motifs is 6. The van der Waals surface area contributed by atoms with Crippen LogP contribution in [-0.4, -0.2) is 4.98 Å². The normalized spacial score (nSPS) is 11.9. The standard InChI is InChI=1S/C24H15NO2/c1-14-9-10-16-17-6-4-7-18(24(17)27-22(16)11-14)20-12-19-15-5-2-3-8-21(15)26-23(19)13-25-20/h2-13H,1H3. The van der Waals surface area contributed by atoms with Crippen molar-refractivity contribution in [3.8, 4) is 11.3 Å². The van der Waals surface area contributed by atoms with E-state index in [1.54, 1.807) is 6.20 Å². The average molecular weight is 349 g/mol. The minimum Gasteiger partial charge on any atom is -0.455 e. The molecular formula is C24H15NO2. The van der Waals surface area contributed by atoms with Gasteiger partial charge in [-0.2, -0.15) is 0 Å². The van der Waals surface area contributed by atoms with Crippen LogP contribution in [-0.2, 0) is 0 Å². The van der Waals surface area contributed by atoms with Crippen molar-refractivity contribution in [2.75, 3.05) is 0 Å². The molecule has 3 aromatic carbocycles. The van der Waals surface area contributed by atoms with Crippen molar-refractivity contribution >= 4 is 43.9 Å². The summed E-state index contributed by atoms with van der Waals surface area (Å²) in [5.74, 6) is 0. The first-order valence-corrected chi connectivity index (χ1v) is 8.97. The lowest BCUT2D eigenvalue weighted by Crippen LogP contribution is -1.83. The van der Waals surface area contributed by atoms with E-state index in [2.05, 4.69) is 60.4 Å². The minimum absolute atomic E-state index is 0.798. The molecule has 3 nitrogen and oxygen atoms in total. The summed E-state index contributed by atoms with van der Waals surface area (Å²) in [6.45, 7) is 2.08. The van der Waals surface area contributed by atoms with E-state index < -0.39 is 0 Å². The van der Waals surface area contributed by atoms with Crippen molar-refractivity contribution in [2.24, 2.45) is 0 Å². The van der Waals surface area contributed by atoms with Crippen LogP contribution in [0.25, 0.3) is 55.1 Å². The third-order valence-electron chi connectivity index (χ3n) is 5.19. The van der Waals surface area contributed by atoms with E-state index in [-0.39, 0.29) is 0 Å². The molecule has 0 aliphatic carbocycles. The second-order valence-corrected chi connectivity index (χ2v) is 6.95. The highest BCUT2D eigenvalue weighted by Crippen LogP contribution is 2.37. The van der Waals surface area contributed by atoms with Crippen molar-refractivity contribution in [1.29, 1.82) is 0 Å². The lowest BCUT2D eigenvalue weighted by molar-refractivity contribution is 0.666. The fourth-order valence-electron chi connectivity index (χ4n) is 3.89. The van der Waals surface area contributed by atoms with Gasteiger partial charge in [0.15, 0.2) is 5.58 Å². The van der Waals surface area contributed by atoms with Gasteiger partial charge < -0.3 is 8.83 Å². The Morgan fingerprint density at radius 2 is 1.52 bits per heavy atom. The molecule has 0 unspecified atom stereocenters. The number of nitrogens with zero attached hydrogens (tertiary/aromatic N) is 1. The quantitative estimate of drug-likeness (QED) is 0.326. The molecule has 3 aromatic heterocycles. The summed E-state index contributed by atoms with van der Waals surface area (Å²) < 4.78 is 12.1. The predicted molar refractivity (Wildman–Crippen MR) is 109 cm³/mol. The lowest BCUT2D eigenvalue weighted by Gasteiger charge is -2.02. The zero-order valence-electron chi connectivity index (χ0n) is 14.7. The molecule has 0 spiro atoms. The number of para-hydroxylation sites is 2. The molecule has 0 saturated carbocycles. The maximum atomic E-state index is 6.24. The van der Waals surface area contributed by atoms with Crippen molar-refractivity contribution in [2.45, 2.75) is 6.92 Å². The van der Waals surface area contributed by atoms with Gasteiger partial charge in [0.05, 0.1) is 11.9 Å². The summed E-state index contributed by atoms with van der Waals surface area (Å²) >= 11 is 0. The summed E-state index contributed by atoms with van der Waals surface area (Å²) in [4.78, 5) is 4.66. The average Bonchev–Trinajstić information content (AvgIpc) is 3.24. The number of pyridine rings is 1.